The molecule has 7 nitrogen and oxygen atoms in total. The van der Waals surface area contributed by atoms with Crippen LogP contribution in [0.2, 0.25) is 0 Å². The van der Waals surface area contributed by atoms with Crippen LogP contribution < -0.4 is 9.64 Å². The molecule has 0 unspecified atom stereocenters. The maximum absolute atomic E-state index is 14.6. The molecular weight excluding hydrogens is 590 g/mol. The van der Waals surface area contributed by atoms with Gasteiger partial charge < -0.3 is 19.5 Å². The highest BCUT2D eigenvalue weighted by atomic mass is 79.9. The van der Waals surface area contributed by atoms with E-state index >= 15 is 0 Å². The van der Waals surface area contributed by atoms with Gasteiger partial charge in [0, 0.05) is 40.4 Å². The summed E-state index contributed by atoms with van der Waals surface area (Å²) in [6, 6.07) is 23.4. The molecule has 2 aliphatic heterocycles. The van der Waals surface area contributed by atoms with Crippen molar-refractivity contribution >= 4 is 44.8 Å². The fourth-order valence-corrected chi connectivity index (χ4v) is 6.12. The molecule has 6 rings (SSSR count). The van der Waals surface area contributed by atoms with Gasteiger partial charge in [-0.3, -0.25) is 4.79 Å². The molecule has 1 aromatic heterocycles. The SMILES string of the molecule is Cc1nc(CN2C(=O)[C@@]3(Cc4ccc(Br)cc4)N=C(c4ccc(OCCCO)cc4)O[C@H]3c3ccccc32)cs1. The summed E-state index contributed by atoms with van der Waals surface area (Å²) in [5, 5.41) is 12.0. The molecular formula is C31H28BrN3O4S. The minimum Gasteiger partial charge on any atom is -0.494 e. The van der Waals surface area contributed by atoms with Gasteiger partial charge in [0.15, 0.2) is 11.6 Å². The van der Waals surface area contributed by atoms with E-state index in [2.05, 4.69) is 20.9 Å². The molecule has 0 bridgehead atoms. The van der Waals surface area contributed by atoms with Gasteiger partial charge in [0.2, 0.25) is 5.90 Å². The van der Waals surface area contributed by atoms with Crippen LogP contribution in [0.3, 0.4) is 0 Å². The third-order valence-electron chi connectivity index (χ3n) is 7.14. The number of hydrogen-bond acceptors (Lipinski definition) is 7. The lowest BCUT2D eigenvalue weighted by atomic mass is 9.78. The Balaban J connectivity index is 1.42. The molecule has 0 saturated heterocycles. The largest absolute Gasteiger partial charge is 0.494 e. The third kappa shape index (κ3) is 5.05. The van der Waals surface area contributed by atoms with E-state index in [1.807, 2.05) is 90.0 Å². The van der Waals surface area contributed by atoms with Crippen LogP contribution in [0.25, 0.3) is 0 Å². The summed E-state index contributed by atoms with van der Waals surface area (Å²) in [7, 11) is 0. The highest BCUT2D eigenvalue weighted by molar-refractivity contribution is 9.10. The van der Waals surface area contributed by atoms with Crippen molar-refractivity contribution in [1.29, 1.82) is 0 Å². The van der Waals surface area contributed by atoms with E-state index in [9.17, 15) is 4.79 Å². The number of amides is 1. The highest BCUT2D eigenvalue weighted by Gasteiger charge is 2.58. The number of aliphatic imine (C=N–C) groups is 1. The first-order chi connectivity index (χ1) is 19.5. The zero-order valence-electron chi connectivity index (χ0n) is 21.9. The maximum atomic E-state index is 14.6. The Morgan fingerprint density at radius 2 is 1.88 bits per heavy atom. The summed E-state index contributed by atoms with van der Waals surface area (Å²) in [5.41, 5.74) is 3.17. The van der Waals surface area contributed by atoms with E-state index in [-0.39, 0.29) is 12.5 Å². The minimum absolute atomic E-state index is 0.0825. The molecule has 9 heteroatoms. The van der Waals surface area contributed by atoms with E-state index < -0.39 is 11.6 Å². The van der Waals surface area contributed by atoms with E-state index in [1.54, 1.807) is 11.3 Å². The molecule has 2 atom stereocenters. The number of aromatic nitrogens is 1. The zero-order valence-corrected chi connectivity index (χ0v) is 24.3. The van der Waals surface area contributed by atoms with Crippen LogP contribution >= 0.6 is 27.3 Å². The van der Waals surface area contributed by atoms with E-state index in [1.165, 1.54) is 0 Å². The van der Waals surface area contributed by atoms with Crippen molar-refractivity contribution in [2.24, 2.45) is 4.99 Å². The molecule has 4 aromatic rings. The summed E-state index contributed by atoms with van der Waals surface area (Å²) in [6.45, 7) is 2.85. The number of aryl methyl sites for hydroxylation is 1. The average Bonchev–Trinajstić information content (AvgIpc) is 3.57. The molecule has 0 radical (unpaired) electrons. The topological polar surface area (TPSA) is 84.3 Å². The number of fused-ring (bicyclic) bond motifs is 3. The Kier molecular flexibility index (Phi) is 7.44. The number of para-hydroxylation sites is 1. The maximum Gasteiger partial charge on any atom is 0.260 e. The zero-order chi connectivity index (χ0) is 27.7. The standard InChI is InChI=1S/C31H28BrN3O4S/c1-20-33-24(19-40-20)18-35-27-6-3-2-5-26(27)28-31(30(35)37,17-21-7-11-23(32)12-8-21)34-29(39-28)22-9-13-25(14-10-22)38-16-4-15-36/h2-3,5-14,19,28,36H,4,15-18H2,1H3/t28-,31-/m0/s1. The van der Waals surface area contributed by atoms with Crippen molar-refractivity contribution in [3.8, 4) is 5.75 Å². The lowest BCUT2D eigenvalue weighted by molar-refractivity contribution is -0.127. The summed E-state index contributed by atoms with van der Waals surface area (Å²) in [4.78, 5) is 26.2. The summed E-state index contributed by atoms with van der Waals surface area (Å²) >= 11 is 5.09. The second-order valence-electron chi connectivity index (χ2n) is 9.90. The molecule has 3 aromatic carbocycles. The first kappa shape index (κ1) is 26.7. The predicted molar refractivity (Wildman–Crippen MR) is 159 cm³/mol. The molecule has 204 valence electrons. The second kappa shape index (κ2) is 11.2. The van der Waals surface area contributed by atoms with Gasteiger partial charge >= 0.3 is 0 Å². The van der Waals surface area contributed by atoms with Crippen LogP contribution in [0.1, 0.15) is 39.9 Å². The molecule has 1 amide bonds. The Morgan fingerprint density at radius 1 is 1.10 bits per heavy atom. The van der Waals surface area contributed by atoms with E-state index in [0.29, 0.717) is 37.6 Å². The number of aliphatic hydroxyl groups excluding tert-OH is 1. The lowest BCUT2D eigenvalue weighted by Crippen LogP contribution is -2.55. The number of benzene rings is 3. The Morgan fingerprint density at radius 3 is 2.60 bits per heavy atom. The average molecular weight is 619 g/mol. The highest BCUT2D eigenvalue weighted by Crippen LogP contribution is 2.50. The van der Waals surface area contributed by atoms with Gasteiger partial charge in [-0.1, -0.05) is 46.3 Å². The van der Waals surface area contributed by atoms with Gasteiger partial charge in [-0.05, 0) is 55.0 Å². The van der Waals surface area contributed by atoms with E-state index in [0.717, 1.165) is 37.6 Å². The Labute approximate surface area is 245 Å². The number of ether oxygens (including phenoxy) is 2. The first-order valence-electron chi connectivity index (χ1n) is 13.1. The van der Waals surface area contributed by atoms with Gasteiger partial charge in [-0.25, -0.2) is 9.98 Å². The van der Waals surface area contributed by atoms with Gasteiger partial charge in [0.1, 0.15) is 5.75 Å². The second-order valence-corrected chi connectivity index (χ2v) is 11.9. The number of thiazole rings is 1. The van der Waals surface area contributed by atoms with Crippen LogP contribution in [-0.2, 0) is 22.5 Å². The fraction of sp³-hybridized carbons (Fsp3) is 0.258. The van der Waals surface area contributed by atoms with Gasteiger partial charge in [-0.2, -0.15) is 0 Å². The molecule has 0 fully saturated rings. The van der Waals surface area contributed by atoms with Crippen LogP contribution in [0.4, 0.5) is 5.69 Å². The number of hydrogen-bond donors (Lipinski definition) is 1. The molecule has 1 N–H and O–H groups in total. The summed E-state index contributed by atoms with van der Waals surface area (Å²) in [6.07, 6.45) is 0.371. The normalized spacial score (nSPS) is 19.6. The third-order valence-corrected chi connectivity index (χ3v) is 8.49. The van der Waals surface area contributed by atoms with Crippen molar-refractivity contribution in [2.75, 3.05) is 18.1 Å². The predicted octanol–water partition coefficient (Wildman–Crippen LogP) is 6.02. The quantitative estimate of drug-likeness (QED) is 0.232. The molecule has 2 aliphatic rings. The Bertz CT molecular complexity index is 1550. The molecule has 0 aliphatic carbocycles. The molecule has 3 heterocycles. The van der Waals surface area contributed by atoms with Crippen LogP contribution in [0.15, 0.2) is 87.6 Å². The number of carbonyl (C=O) groups excluding carboxylic acids is 1. The van der Waals surface area contributed by atoms with Gasteiger partial charge in [0.05, 0.1) is 29.5 Å². The van der Waals surface area contributed by atoms with Crippen molar-refractivity contribution < 1.29 is 19.4 Å². The van der Waals surface area contributed by atoms with E-state index in [4.69, 9.17) is 19.6 Å². The first-order valence-corrected chi connectivity index (χ1v) is 14.8. The Hall–Kier alpha value is -3.53. The van der Waals surface area contributed by atoms with Crippen LogP contribution in [-0.4, -0.2) is 40.6 Å². The van der Waals surface area contributed by atoms with Crippen molar-refractivity contribution in [2.45, 2.75) is 38.0 Å². The number of halogens is 1. The molecule has 0 saturated carbocycles. The number of anilines is 1. The lowest BCUT2D eigenvalue weighted by Gasteiger charge is -2.41. The number of rotatable bonds is 9. The van der Waals surface area contributed by atoms with Gasteiger partial charge in [0.25, 0.3) is 5.91 Å². The number of carbonyl (C=O) groups is 1. The number of aliphatic hydroxyl groups is 1. The monoisotopic (exact) mass is 617 g/mol. The van der Waals surface area contributed by atoms with Crippen molar-refractivity contribution in [3.63, 3.8) is 0 Å². The van der Waals surface area contributed by atoms with Crippen LogP contribution in [0, 0.1) is 6.92 Å². The summed E-state index contributed by atoms with van der Waals surface area (Å²) < 4.78 is 13.3. The molecule has 40 heavy (non-hydrogen) atoms. The molecule has 0 spiro atoms. The van der Waals surface area contributed by atoms with Crippen molar-refractivity contribution in [1.82, 2.24) is 4.98 Å². The fourth-order valence-electron chi connectivity index (χ4n) is 5.26. The smallest absolute Gasteiger partial charge is 0.260 e. The van der Waals surface area contributed by atoms with Crippen molar-refractivity contribution in [3.05, 3.63) is 110 Å². The number of nitrogens with zero attached hydrogens (tertiary/aromatic N) is 3. The minimum atomic E-state index is -1.18. The van der Waals surface area contributed by atoms with Crippen LogP contribution in [0.5, 0.6) is 5.75 Å². The van der Waals surface area contributed by atoms with Gasteiger partial charge in [-0.15, -0.1) is 11.3 Å². The summed E-state index contributed by atoms with van der Waals surface area (Å²) in [5.74, 6) is 1.02.